The molecule has 0 heterocycles. The van der Waals surface area contributed by atoms with Crippen molar-refractivity contribution in [2.75, 3.05) is 0 Å². The second kappa shape index (κ2) is 5.68. The number of nitrogens with zero attached hydrogens (tertiary/aromatic N) is 1. The zero-order valence-corrected chi connectivity index (χ0v) is 10.6. The van der Waals surface area contributed by atoms with Crippen molar-refractivity contribution >= 4 is 5.91 Å². The Morgan fingerprint density at radius 1 is 1.56 bits per heavy atom. The van der Waals surface area contributed by atoms with Crippen molar-refractivity contribution in [3.05, 3.63) is 35.4 Å². The fourth-order valence-corrected chi connectivity index (χ4v) is 2.52. The number of benzene rings is 1. The quantitative estimate of drug-likeness (QED) is 0.885. The van der Waals surface area contributed by atoms with Crippen LogP contribution in [0.25, 0.3) is 0 Å². The smallest absolute Gasteiger partial charge is 0.228 e. The maximum atomic E-state index is 12.2. The molecule has 0 bridgehead atoms. The third kappa shape index (κ3) is 2.53. The summed E-state index contributed by atoms with van der Waals surface area (Å²) in [6.07, 6.45) is 3.62. The molecule has 0 fully saturated rings. The van der Waals surface area contributed by atoms with E-state index in [2.05, 4.69) is 17.5 Å². The van der Waals surface area contributed by atoms with E-state index in [4.69, 9.17) is 5.26 Å². The van der Waals surface area contributed by atoms with E-state index in [9.17, 15) is 4.79 Å². The number of hydrogen-bond donors (Lipinski definition) is 1. The number of hydrogen-bond acceptors (Lipinski definition) is 2. The molecule has 0 aromatic heterocycles. The topological polar surface area (TPSA) is 52.9 Å². The highest BCUT2D eigenvalue weighted by Gasteiger charge is 2.27. The molecule has 94 valence electrons. The highest BCUT2D eigenvalue weighted by molar-refractivity contribution is 5.84. The van der Waals surface area contributed by atoms with Gasteiger partial charge in [0.05, 0.1) is 12.0 Å². The number of fused-ring (bicyclic) bond motifs is 1. The molecular weight excluding hydrogens is 224 g/mol. The van der Waals surface area contributed by atoms with E-state index in [1.54, 1.807) is 0 Å². The van der Waals surface area contributed by atoms with Gasteiger partial charge in [-0.3, -0.25) is 4.79 Å². The molecule has 0 radical (unpaired) electrons. The second-order valence-corrected chi connectivity index (χ2v) is 4.74. The van der Waals surface area contributed by atoms with Crippen LogP contribution in [-0.2, 0) is 11.2 Å². The first-order valence-corrected chi connectivity index (χ1v) is 6.54. The van der Waals surface area contributed by atoms with Crippen molar-refractivity contribution in [3.63, 3.8) is 0 Å². The van der Waals surface area contributed by atoms with Crippen molar-refractivity contribution in [1.82, 2.24) is 5.32 Å². The predicted octanol–water partition coefficient (Wildman–Crippen LogP) is 2.52. The van der Waals surface area contributed by atoms with Crippen molar-refractivity contribution in [2.45, 2.75) is 44.6 Å². The summed E-state index contributed by atoms with van der Waals surface area (Å²) in [5.74, 6) is -0.0899. The average Bonchev–Trinajstić information content (AvgIpc) is 2.43. The lowest BCUT2D eigenvalue weighted by molar-refractivity contribution is -0.123. The lowest BCUT2D eigenvalue weighted by Crippen LogP contribution is -2.37. The summed E-state index contributed by atoms with van der Waals surface area (Å²) >= 11 is 0. The number of carbonyl (C=O) groups excluding carboxylic acids is 1. The van der Waals surface area contributed by atoms with Crippen LogP contribution in [0.5, 0.6) is 0 Å². The average molecular weight is 242 g/mol. The Hall–Kier alpha value is -1.82. The zero-order valence-electron chi connectivity index (χ0n) is 10.6. The minimum absolute atomic E-state index is 0.00412. The van der Waals surface area contributed by atoms with Gasteiger partial charge in [0.1, 0.15) is 6.04 Å². The summed E-state index contributed by atoms with van der Waals surface area (Å²) in [6, 6.07) is 9.87. The molecule has 1 amide bonds. The van der Waals surface area contributed by atoms with E-state index in [0.29, 0.717) is 6.42 Å². The Kier molecular flexibility index (Phi) is 3.99. The Balaban J connectivity index is 2.15. The molecule has 1 aromatic carbocycles. The number of nitriles is 1. The molecular formula is C15H18N2O. The fraction of sp³-hybridized carbons (Fsp3) is 0.467. The Morgan fingerprint density at radius 3 is 3.06 bits per heavy atom. The third-order valence-electron chi connectivity index (χ3n) is 3.57. The lowest BCUT2D eigenvalue weighted by atomic mass is 9.82. The SMILES string of the molecule is CCC(C#N)NC(=O)C1CCCc2ccccc21. The van der Waals surface area contributed by atoms with Crippen LogP contribution in [0, 0.1) is 11.3 Å². The van der Waals surface area contributed by atoms with Gasteiger partial charge in [-0.05, 0) is 36.8 Å². The molecule has 2 atom stereocenters. The molecule has 1 aromatic rings. The van der Waals surface area contributed by atoms with Crippen molar-refractivity contribution in [3.8, 4) is 6.07 Å². The van der Waals surface area contributed by atoms with Crippen LogP contribution in [0.1, 0.15) is 43.2 Å². The van der Waals surface area contributed by atoms with E-state index >= 15 is 0 Å². The van der Waals surface area contributed by atoms with E-state index < -0.39 is 0 Å². The minimum atomic E-state index is -0.369. The zero-order chi connectivity index (χ0) is 13.0. The van der Waals surface area contributed by atoms with Gasteiger partial charge in [0, 0.05) is 0 Å². The van der Waals surface area contributed by atoms with Gasteiger partial charge >= 0.3 is 0 Å². The summed E-state index contributed by atoms with van der Waals surface area (Å²) in [4.78, 5) is 12.2. The molecule has 0 saturated heterocycles. The van der Waals surface area contributed by atoms with Gasteiger partial charge in [0.25, 0.3) is 0 Å². The molecule has 2 unspecified atom stereocenters. The number of amides is 1. The maximum absolute atomic E-state index is 12.2. The Bertz CT molecular complexity index is 476. The molecule has 1 aliphatic carbocycles. The first kappa shape index (κ1) is 12.6. The van der Waals surface area contributed by atoms with E-state index in [1.807, 2.05) is 25.1 Å². The number of rotatable bonds is 3. The van der Waals surface area contributed by atoms with Gasteiger partial charge in [-0.1, -0.05) is 31.2 Å². The summed E-state index contributed by atoms with van der Waals surface area (Å²) in [7, 11) is 0. The first-order valence-electron chi connectivity index (χ1n) is 6.54. The van der Waals surface area contributed by atoms with Crippen LogP contribution in [-0.4, -0.2) is 11.9 Å². The molecule has 0 saturated carbocycles. The fourth-order valence-electron chi connectivity index (χ4n) is 2.52. The van der Waals surface area contributed by atoms with Crippen molar-refractivity contribution in [2.24, 2.45) is 0 Å². The van der Waals surface area contributed by atoms with E-state index in [0.717, 1.165) is 24.8 Å². The van der Waals surface area contributed by atoms with Gasteiger partial charge in [-0.25, -0.2) is 0 Å². The second-order valence-electron chi connectivity index (χ2n) is 4.74. The molecule has 2 rings (SSSR count). The van der Waals surface area contributed by atoms with Crippen LogP contribution in [0.3, 0.4) is 0 Å². The Labute approximate surface area is 108 Å². The third-order valence-corrected chi connectivity index (χ3v) is 3.57. The molecule has 3 nitrogen and oxygen atoms in total. The maximum Gasteiger partial charge on any atom is 0.228 e. The van der Waals surface area contributed by atoms with Gasteiger partial charge in [-0.15, -0.1) is 0 Å². The largest absolute Gasteiger partial charge is 0.340 e. The lowest BCUT2D eigenvalue weighted by Gasteiger charge is -2.25. The highest BCUT2D eigenvalue weighted by Crippen LogP contribution is 2.31. The molecule has 0 aliphatic heterocycles. The summed E-state index contributed by atoms with van der Waals surface area (Å²) in [6.45, 7) is 1.91. The molecule has 0 spiro atoms. The van der Waals surface area contributed by atoms with Gasteiger partial charge < -0.3 is 5.32 Å². The molecule has 18 heavy (non-hydrogen) atoms. The molecule has 3 heteroatoms. The summed E-state index contributed by atoms with van der Waals surface area (Å²) in [5.41, 5.74) is 2.41. The Morgan fingerprint density at radius 2 is 2.33 bits per heavy atom. The summed E-state index contributed by atoms with van der Waals surface area (Å²) in [5, 5.41) is 11.7. The van der Waals surface area contributed by atoms with Gasteiger partial charge in [-0.2, -0.15) is 5.26 Å². The van der Waals surface area contributed by atoms with Crippen molar-refractivity contribution < 1.29 is 4.79 Å². The van der Waals surface area contributed by atoms with Crippen LogP contribution in [0.2, 0.25) is 0 Å². The van der Waals surface area contributed by atoms with Crippen LogP contribution < -0.4 is 5.32 Å². The number of carbonyl (C=O) groups is 1. The van der Waals surface area contributed by atoms with Crippen LogP contribution >= 0.6 is 0 Å². The van der Waals surface area contributed by atoms with E-state index in [-0.39, 0.29) is 17.9 Å². The van der Waals surface area contributed by atoms with Crippen molar-refractivity contribution in [1.29, 1.82) is 5.26 Å². The monoisotopic (exact) mass is 242 g/mol. The summed E-state index contributed by atoms with van der Waals surface area (Å²) < 4.78 is 0. The van der Waals surface area contributed by atoms with Crippen LogP contribution in [0.4, 0.5) is 0 Å². The predicted molar refractivity (Wildman–Crippen MR) is 70.0 cm³/mol. The van der Waals surface area contributed by atoms with Crippen LogP contribution in [0.15, 0.2) is 24.3 Å². The van der Waals surface area contributed by atoms with Gasteiger partial charge in [0.2, 0.25) is 5.91 Å². The normalized spacial score (nSPS) is 19.4. The first-order chi connectivity index (χ1) is 8.76. The highest BCUT2D eigenvalue weighted by atomic mass is 16.1. The number of nitrogens with one attached hydrogen (secondary N) is 1. The number of aryl methyl sites for hydroxylation is 1. The minimum Gasteiger partial charge on any atom is -0.340 e. The molecule has 1 aliphatic rings. The van der Waals surface area contributed by atoms with E-state index in [1.165, 1.54) is 5.56 Å². The standard InChI is InChI=1S/C15H18N2O/c1-2-12(10-16)17-15(18)14-9-5-7-11-6-3-4-8-13(11)14/h3-4,6,8,12,14H,2,5,7,9H2,1H3,(H,17,18). The molecule has 1 N–H and O–H groups in total. The van der Waals surface area contributed by atoms with Gasteiger partial charge in [0.15, 0.2) is 0 Å².